The number of rotatable bonds is 3. The fourth-order valence-electron chi connectivity index (χ4n) is 1.82. The van der Waals surface area contributed by atoms with E-state index in [9.17, 15) is 0 Å². The highest BCUT2D eigenvalue weighted by Crippen LogP contribution is 2.32. The maximum absolute atomic E-state index is 5.82. The van der Waals surface area contributed by atoms with Gasteiger partial charge in [-0.2, -0.15) is 5.10 Å². The van der Waals surface area contributed by atoms with Gasteiger partial charge in [-0.3, -0.25) is 0 Å². The summed E-state index contributed by atoms with van der Waals surface area (Å²) in [6.07, 6.45) is 0.910. The van der Waals surface area contributed by atoms with Gasteiger partial charge in [0.05, 0.1) is 9.88 Å². The van der Waals surface area contributed by atoms with E-state index < -0.39 is 0 Å². The number of hydrogen-bond acceptors (Lipinski definition) is 4. The second-order valence-electron chi connectivity index (χ2n) is 4.73. The van der Waals surface area contributed by atoms with Gasteiger partial charge in [0.1, 0.15) is 0 Å². The van der Waals surface area contributed by atoms with Crippen molar-refractivity contribution in [2.45, 2.75) is 27.2 Å². The van der Waals surface area contributed by atoms with Crippen LogP contribution in [0.2, 0.25) is 0 Å². The molecule has 0 unspecified atom stereocenters. The van der Waals surface area contributed by atoms with Crippen molar-refractivity contribution in [1.29, 1.82) is 0 Å². The van der Waals surface area contributed by atoms with Gasteiger partial charge >= 0.3 is 0 Å². The molecule has 0 aromatic carbocycles. The third-order valence-corrected chi connectivity index (χ3v) is 3.60. The van der Waals surface area contributed by atoms with Crippen molar-refractivity contribution >= 4 is 16.3 Å². The second-order valence-corrected chi connectivity index (χ2v) is 5.82. The summed E-state index contributed by atoms with van der Waals surface area (Å²) in [6, 6.07) is 1.98. The zero-order valence-electron chi connectivity index (χ0n) is 10.7. The lowest BCUT2D eigenvalue weighted by atomic mass is 10.1. The van der Waals surface area contributed by atoms with E-state index in [1.165, 1.54) is 5.56 Å². The third-order valence-electron chi connectivity index (χ3n) is 2.54. The van der Waals surface area contributed by atoms with Crippen molar-refractivity contribution in [2.24, 2.45) is 13.0 Å². The van der Waals surface area contributed by atoms with Crippen LogP contribution in [0.15, 0.2) is 6.07 Å². The number of thiophene rings is 1. The summed E-state index contributed by atoms with van der Waals surface area (Å²) in [4.78, 5) is 5.72. The quantitative estimate of drug-likeness (QED) is 0.911. The molecule has 2 heterocycles. The van der Waals surface area contributed by atoms with E-state index in [-0.39, 0.29) is 0 Å². The van der Waals surface area contributed by atoms with Gasteiger partial charge in [0.2, 0.25) is 0 Å². The van der Waals surface area contributed by atoms with Gasteiger partial charge in [-0.15, -0.1) is 11.3 Å². The Kier molecular flexibility index (Phi) is 3.19. The van der Waals surface area contributed by atoms with E-state index in [0.29, 0.717) is 5.92 Å². The van der Waals surface area contributed by atoms with Crippen molar-refractivity contribution in [3.05, 3.63) is 17.5 Å². The molecule has 0 atom stereocenters. The molecule has 0 amide bonds. The lowest BCUT2D eigenvalue weighted by Gasteiger charge is -1.97. The lowest BCUT2D eigenvalue weighted by Crippen LogP contribution is -1.97. The minimum absolute atomic E-state index is 0.569. The molecule has 0 aliphatic carbocycles. The highest BCUT2D eigenvalue weighted by atomic mass is 32.1. The average molecular weight is 250 g/mol. The standard InChI is InChI=1S/C12H18N4S/c1-7(2)5-10-14-12(16(4)15-10)11-8(3)6-9(13)17-11/h6-7H,5,13H2,1-4H3. The zero-order chi connectivity index (χ0) is 12.6. The summed E-state index contributed by atoms with van der Waals surface area (Å²) in [7, 11) is 1.93. The van der Waals surface area contributed by atoms with Crippen LogP contribution in [0.3, 0.4) is 0 Å². The Morgan fingerprint density at radius 3 is 2.71 bits per heavy atom. The summed E-state index contributed by atoms with van der Waals surface area (Å²) in [6.45, 7) is 6.40. The molecule has 92 valence electrons. The Morgan fingerprint density at radius 2 is 2.18 bits per heavy atom. The first-order valence-corrected chi connectivity index (χ1v) is 6.55. The van der Waals surface area contributed by atoms with Gasteiger partial charge in [0.15, 0.2) is 11.6 Å². The van der Waals surface area contributed by atoms with Crippen LogP contribution in [0.4, 0.5) is 5.00 Å². The van der Waals surface area contributed by atoms with E-state index in [2.05, 4.69) is 30.9 Å². The van der Waals surface area contributed by atoms with Crippen LogP contribution in [0.5, 0.6) is 0 Å². The molecular weight excluding hydrogens is 232 g/mol. The van der Waals surface area contributed by atoms with Gasteiger partial charge in [-0.1, -0.05) is 13.8 Å². The van der Waals surface area contributed by atoms with Crippen LogP contribution < -0.4 is 5.73 Å². The van der Waals surface area contributed by atoms with Crippen LogP contribution in [-0.4, -0.2) is 14.8 Å². The van der Waals surface area contributed by atoms with E-state index in [4.69, 9.17) is 5.73 Å². The molecule has 17 heavy (non-hydrogen) atoms. The van der Waals surface area contributed by atoms with Crippen molar-refractivity contribution in [3.63, 3.8) is 0 Å². The molecule has 4 nitrogen and oxygen atoms in total. The van der Waals surface area contributed by atoms with Crippen LogP contribution in [-0.2, 0) is 13.5 Å². The minimum Gasteiger partial charge on any atom is -0.391 e. The SMILES string of the molecule is Cc1cc(N)sc1-c1nc(CC(C)C)nn1C. The van der Waals surface area contributed by atoms with Gasteiger partial charge in [-0.05, 0) is 24.5 Å². The van der Waals surface area contributed by atoms with Crippen LogP contribution >= 0.6 is 11.3 Å². The van der Waals surface area contributed by atoms with Crippen molar-refractivity contribution in [3.8, 4) is 10.7 Å². The van der Waals surface area contributed by atoms with Crippen LogP contribution in [0.25, 0.3) is 10.7 Å². The zero-order valence-corrected chi connectivity index (χ0v) is 11.5. The summed E-state index contributed by atoms with van der Waals surface area (Å²) >= 11 is 1.57. The molecule has 0 aliphatic heterocycles. The fraction of sp³-hybridized carbons (Fsp3) is 0.500. The lowest BCUT2D eigenvalue weighted by molar-refractivity contribution is 0.613. The smallest absolute Gasteiger partial charge is 0.168 e. The maximum atomic E-state index is 5.82. The Hall–Kier alpha value is -1.36. The van der Waals surface area contributed by atoms with Crippen molar-refractivity contribution in [1.82, 2.24) is 14.8 Å². The molecule has 0 saturated heterocycles. The molecule has 2 N–H and O–H groups in total. The molecule has 0 aliphatic rings. The molecule has 2 aromatic heterocycles. The maximum Gasteiger partial charge on any atom is 0.168 e. The number of nitrogen functional groups attached to an aromatic ring is 1. The van der Waals surface area contributed by atoms with Gasteiger partial charge in [0, 0.05) is 13.5 Å². The number of hydrogen-bond donors (Lipinski definition) is 1. The third kappa shape index (κ3) is 2.49. The average Bonchev–Trinajstić information content (AvgIpc) is 2.69. The van der Waals surface area contributed by atoms with E-state index >= 15 is 0 Å². The number of aromatic nitrogens is 3. The van der Waals surface area contributed by atoms with Crippen LogP contribution in [0, 0.1) is 12.8 Å². The molecule has 2 aromatic rings. The molecule has 5 heteroatoms. The van der Waals surface area contributed by atoms with E-state index in [0.717, 1.165) is 27.9 Å². The summed E-state index contributed by atoms with van der Waals surface area (Å²) < 4.78 is 1.84. The molecule has 2 rings (SSSR count). The van der Waals surface area contributed by atoms with Gasteiger partial charge in [0.25, 0.3) is 0 Å². The number of nitrogens with zero attached hydrogens (tertiary/aromatic N) is 3. The topological polar surface area (TPSA) is 56.7 Å². The van der Waals surface area contributed by atoms with Gasteiger partial charge < -0.3 is 5.73 Å². The normalized spacial score (nSPS) is 11.4. The van der Waals surface area contributed by atoms with Gasteiger partial charge in [-0.25, -0.2) is 9.67 Å². The Bertz CT molecular complexity index is 525. The predicted molar refractivity (Wildman–Crippen MR) is 72.0 cm³/mol. The molecule has 0 saturated carbocycles. The molecular formula is C12H18N4S. The highest BCUT2D eigenvalue weighted by Gasteiger charge is 2.14. The van der Waals surface area contributed by atoms with Crippen molar-refractivity contribution in [2.75, 3.05) is 5.73 Å². The molecule has 0 spiro atoms. The van der Waals surface area contributed by atoms with Crippen LogP contribution in [0.1, 0.15) is 25.2 Å². The first-order chi connectivity index (χ1) is 7.97. The second kappa shape index (κ2) is 4.49. The highest BCUT2D eigenvalue weighted by molar-refractivity contribution is 7.19. The number of anilines is 1. The van der Waals surface area contributed by atoms with E-state index in [1.54, 1.807) is 11.3 Å². The first kappa shape index (κ1) is 12.1. The largest absolute Gasteiger partial charge is 0.391 e. The predicted octanol–water partition coefficient (Wildman–Crippen LogP) is 2.63. The molecule has 0 bridgehead atoms. The summed E-state index contributed by atoms with van der Waals surface area (Å²) in [5.74, 6) is 2.39. The summed E-state index contributed by atoms with van der Waals surface area (Å²) in [5.41, 5.74) is 6.98. The first-order valence-electron chi connectivity index (χ1n) is 5.73. The number of nitrogens with two attached hydrogens (primary N) is 1. The Morgan fingerprint density at radius 1 is 1.47 bits per heavy atom. The molecule has 0 radical (unpaired) electrons. The summed E-state index contributed by atoms with van der Waals surface area (Å²) in [5, 5.41) is 5.27. The molecule has 0 fully saturated rings. The monoisotopic (exact) mass is 250 g/mol. The number of aryl methyl sites for hydroxylation is 2. The minimum atomic E-state index is 0.569. The Labute approximate surface area is 105 Å². The van der Waals surface area contributed by atoms with E-state index in [1.807, 2.05) is 17.8 Å². The fourth-order valence-corrected chi connectivity index (χ4v) is 2.78. The van der Waals surface area contributed by atoms with Crippen molar-refractivity contribution < 1.29 is 0 Å². The Balaban J connectivity index is 2.39.